The molecule has 1 saturated heterocycles. The summed E-state index contributed by atoms with van der Waals surface area (Å²) in [5.41, 5.74) is 2.12. The zero-order chi connectivity index (χ0) is 25.5. The van der Waals surface area contributed by atoms with Crippen LogP contribution < -0.4 is 24.4 Å². The minimum Gasteiger partial charge on any atom is -0.497 e. The van der Waals surface area contributed by atoms with Crippen molar-refractivity contribution in [2.24, 2.45) is 0 Å². The Morgan fingerprint density at radius 2 is 1.78 bits per heavy atom. The standard InChI is InChI=1S/C27H24N2O5S2/c1-3-33-23-15-18(16-24-26(31)29(27(35)36-24)20-7-5-4-6-8-20)9-14-22(23)34-17-25(30)28-19-10-12-21(32-2)13-11-19/h4-16H,3,17H2,1-2H3,(H,28,30)/b24-16-. The second-order valence-corrected chi connectivity index (χ2v) is 9.23. The van der Waals surface area contributed by atoms with Crippen molar-refractivity contribution < 1.29 is 23.8 Å². The summed E-state index contributed by atoms with van der Waals surface area (Å²) in [4.78, 5) is 27.4. The number of nitrogens with one attached hydrogen (secondary N) is 1. The number of anilines is 2. The van der Waals surface area contributed by atoms with Gasteiger partial charge < -0.3 is 19.5 Å². The highest BCUT2D eigenvalue weighted by Gasteiger charge is 2.33. The Kier molecular flexibility index (Phi) is 8.24. The highest BCUT2D eigenvalue weighted by Crippen LogP contribution is 2.37. The first-order valence-electron chi connectivity index (χ1n) is 11.1. The number of thiocarbonyl (C=S) groups is 1. The van der Waals surface area contributed by atoms with E-state index in [-0.39, 0.29) is 18.4 Å². The molecule has 1 fully saturated rings. The SMILES string of the molecule is CCOc1cc(/C=C2\SC(=S)N(c3ccccc3)C2=O)ccc1OCC(=O)Nc1ccc(OC)cc1. The van der Waals surface area contributed by atoms with Crippen LogP contribution in [0.1, 0.15) is 12.5 Å². The molecule has 7 nitrogen and oxygen atoms in total. The number of ether oxygens (including phenoxy) is 3. The van der Waals surface area contributed by atoms with Crippen molar-refractivity contribution >= 4 is 57.6 Å². The summed E-state index contributed by atoms with van der Waals surface area (Å²) in [7, 11) is 1.58. The topological polar surface area (TPSA) is 77.1 Å². The van der Waals surface area contributed by atoms with E-state index in [4.69, 9.17) is 26.4 Å². The number of para-hydroxylation sites is 1. The third kappa shape index (κ3) is 6.05. The number of carbonyl (C=O) groups excluding carboxylic acids is 2. The summed E-state index contributed by atoms with van der Waals surface area (Å²) < 4.78 is 17.0. The van der Waals surface area contributed by atoms with Crippen LogP contribution in [0.25, 0.3) is 6.08 Å². The number of rotatable bonds is 9. The van der Waals surface area contributed by atoms with E-state index >= 15 is 0 Å². The molecule has 0 unspecified atom stereocenters. The van der Waals surface area contributed by atoms with E-state index in [1.54, 1.807) is 55.7 Å². The molecule has 0 aromatic heterocycles. The van der Waals surface area contributed by atoms with E-state index in [0.717, 1.165) is 11.3 Å². The smallest absolute Gasteiger partial charge is 0.270 e. The zero-order valence-electron chi connectivity index (χ0n) is 19.7. The minimum atomic E-state index is -0.309. The highest BCUT2D eigenvalue weighted by atomic mass is 32.2. The Hall–Kier alpha value is -3.82. The summed E-state index contributed by atoms with van der Waals surface area (Å²) in [6.45, 7) is 2.08. The quantitative estimate of drug-likeness (QED) is 0.294. The first-order valence-corrected chi connectivity index (χ1v) is 12.4. The molecule has 3 aromatic rings. The van der Waals surface area contributed by atoms with E-state index in [1.165, 1.54) is 16.7 Å². The lowest BCUT2D eigenvalue weighted by atomic mass is 10.1. The first kappa shape index (κ1) is 25.3. The predicted octanol–water partition coefficient (Wildman–Crippen LogP) is 5.52. The number of hydrogen-bond donors (Lipinski definition) is 1. The van der Waals surface area contributed by atoms with Gasteiger partial charge in [0.1, 0.15) is 5.75 Å². The average Bonchev–Trinajstić information content (AvgIpc) is 3.17. The molecule has 9 heteroatoms. The predicted molar refractivity (Wildman–Crippen MR) is 147 cm³/mol. The van der Waals surface area contributed by atoms with Crippen LogP contribution in [0.5, 0.6) is 17.2 Å². The van der Waals surface area contributed by atoms with Crippen LogP contribution in [0.3, 0.4) is 0 Å². The molecule has 0 atom stereocenters. The average molecular weight is 521 g/mol. The van der Waals surface area contributed by atoms with Gasteiger partial charge in [-0.05, 0) is 67.1 Å². The van der Waals surface area contributed by atoms with Gasteiger partial charge in [0, 0.05) is 5.69 Å². The van der Waals surface area contributed by atoms with Crippen LogP contribution in [0, 0.1) is 0 Å². The molecule has 0 saturated carbocycles. The molecule has 0 radical (unpaired) electrons. The number of thioether (sulfide) groups is 1. The molecule has 184 valence electrons. The van der Waals surface area contributed by atoms with E-state index in [1.807, 2.05) is 37.3 Å². The van der Waals surface area contributed by atoms with E-state index < -0.39 is 0 Å². The molecule has 36 heavy (non-hydrogen) atoms. The maximum atomic E-state index is 13.0. The molecule has 0 spiro atoms. The summed E-state index contributed by atoms with van der Waals surface area (Å²) in [5.74, 6) is 1.12. The third-order valence-corrected chi connectivity index (χ3v) is 6.41. The lowest BCUT2D eigenvalue weighted by Gasteiger charge is -2.14. The maximum absolute atomic E-state index is 13.0. The number of nitrogens with zero attached hydrogens (tertiary/aromatic N) is 1. The van der Waals surface area contributed by atoms with Gasteiger partial charge in [0.25, 0.3) is 11.8 Å². The third-order valence-electron chi connectivity index (χ3n) is 5.11. The molecule has 1 aliphatic rings. The minimum absolute atomic E-state index is 0.176. The normalized spacial score (nSPS) is 14.2. The van der Waals surface area contributed by atoms with Crippen LogP contribution >= 0.6 is 24.0 Å². The van der Waals surface area contributed by atoms with Crippen molar-refractivity contribution in [3.8, 4) is 17.2 Å². The Morgan fingerprint density at radius 3 is 2.47 bits per heavy atom. The van der Waals surface area contributed by atoms with E-state index in [2.05, 4.69) is 5.32 Å². The van der Waals surface area contributed by atoms with E-state index in [0.29, 0.717) is 38.8 Å². The van der Waals surface area contributed by atoms with E-state index in [9.17, 15) is 9.59 Å². The van der Waals surface area contributed by atoms with Gasteiger partial charge in [0.05, 0.1) is 24.3 Å². The van der Waals surface area contributed by atoms with Gasteiger partial charge in [0.15, 0.2) is 22.4 Å². The summed E-state index contributed by atoms with van der Waals surface area (Å²) in [6.07, 6.45) is 1.77. The summed E-state index contributed by atoms with van der Waals surface area (Å²) in [5, 5.41) is 2.77. The van der Waals surface area contributed by atoms with Gasteiger partial charge >= 0.3 is 0 Å². The number of carbonyl (C=O) groups is 2. The molecule has 1 N–H and O–H groups in total. The Balaban J connectivity index is 1.45. The molecule has 2 amide bonds. The fourth-order valence-corrected chi connectivity index (χ4v) is 4.73. The fourth-order valence-electron chi connectivity index (χ4n) is 3.44. The molecule has 0 aliphatic carbocycles. The summed E-state index contributed by atoms with van der Waals surface area (Å²) in [6, 6.07) is 21.6. The van der Waals surface area contributed by atoms with Gasteiger partial charge in [0.2, 0.25) is 0 Å². The largest absolute Gasteiger partial charge is 0.497 e. The Morgan fingerprint density at radius 1 is 1.03 bits per heavy atom. The van der Waals surface area contributed by atoms with Crippen LogP contribution in [0.15, 0.2) is 77.7 Å². The van der Waals surface area contributed by atoms with Crippen LogP contribution in [-0.2, 0) is 9.59 Å². The zero-order valence-corrected chi connectivity index (χ0v) is 21.4. The molecule has 1 heterocycles. The fraction of sp³-hybridized carbons (Fsp3) is 0.148. The second-order valence-electron chi connectivity index (χ2n) is 7.56. The van der Waals surface area contributed by atoms with Crippen molar-refractivity contribution in [2.75, 3.05) is 30.5 Å². The van der Waals surface area contributed by atoms with Gasteiger partial charge in [-0.2, -0.15) is 0 Å². The van der Waals surface area contributed by atoms with Crippen molar-refractivity contribution in [1.82, 2.24) is 0 Å². The summed E-state index contributed by atoms with van der Waals surface area (Å²) >= 11 is 6.69. The van der Waals surface area contributed by atoms with Crippen molar-refractivity contribution in [3.63, 3.8) is 0 Å². The lowest BCUT2D eigenvalue weighted by Crippen LogP contribution is -2.27. The molecular weight excluding hydrogens is 496 g/mol. The Bertz CT molecular complexity index is 1290. The molecule has 3 aromatic carbocycles. The molecular formula is C27H24N2O5S2. The van der Waals surface area contributed by atoms with Crippen LogP contribution in [-0.4, -0.2) is 36.5 Å². The molecule has 4 rings (SSSR count). The number of hydrogen-bond acceptors (Lipinski definition) is 7. The number of benzene rings is 3. The molecule has 1 aliphatic heterocycles. The first-order chi connectivity index (χ1) is 17.5. The second kappa shape index (κ2) is 11.7. The monoisotopic (exact) mass is 520 g/mol. The van der Waals surface area contributed by atoms with Gasteiger partial charge in [-0.15, -0.1) is 0 Å². The van der Waals surface area contributed by atoms with Crippen molar-refractivity contribution in [2.45, 2.75) is 6.92 Å². The van der Waals surface area contributed by atoms with Crippen molar-refractivity contribution in [3.05, 3.63) is 83.3 Å². The van der Waals surface area contributed by atoms with Gasteiger partial charge in [-0.1, -0.05) is 48.2 Å². The van der Waals surface area contributed by atoms with Crippen LogP contribution in [0.2, 0.25) is 0 Å². The van der Waals surface area contributed by atoms with Crippen LogP contribution in [0.4, 0.5) is 11.4 Å². The van der Waals surface area contributed by atoms with Crippen molar-refractivity contribution in [1.29, 1.82) is 0 Å². The van der Waals surface area contributed by atoms with Gasteiger partial charge in [-0.25, -0.2) is 0 Å². The lowest BCUT2D eigenvalue weighted by molar-refractivity contribution is -0.118. The number of methoxy groups -OCH3 is 1. The maximum Gasteiger partial charge on any atom is 0.270 e. The van der Waals surface area contributed by atoms with Gasteiger partial charge in [-0.3, -0.25) is 14.5 Å². The number of amides is 2. The Labute approximate surface area is 219 Å². The molecule has 0 bridgehead atoms. The highest BCUT2D eigenvalue weighted by molar-refractivity contribution is 8.27.